The molecule has 0 heterocycles. The van der Waals surface area contributed by atoms with Gasteiger partial charge in [-0.3, -0.25) is 4.79 Å². The van der Waals surface area contributed by atoms with E-state index in [9.17, 15) is 4.79 Å². The Labute approximate surface area is 100 Å². The summed E-state index contributed by atoms with van der Waals surface area (Å²) in [4.78, 5) is 11.7. The quantitative estimate of drug-likeness (QED) is 0.736. The largest absolute Gasteiger partial charge is 0.354 e. The van der Waals surface area contributed by atoms with E-state index in [2.05, 4.69) is 26.1 Å². The van der Waals surface area contributed by atoms with E-state index in [-0.39, 0.29) is 5.91 Å². The van der Waals surface area contributed by atoms with Crippen molar-refractivity contribution in [3.05, 3.63) is 0 Å². The van der Waals surface area contributed by atoms with Crippen molar-refractivity contribution in [3.63, 3.8) is 0 Å². The molecule has 0 aromatic rings. The highest BCUT2D eigenvalue weighted by Crippen LogP contribution is 2.28. The summed E-state index contributed by atoms with van der Waals surface area (Å²) in [6.45, 7) is 6.50. The minimum Gasteiger partial charge on any atom is -0.354 e. The molecule has 0 saturated heterocycles. The second kappa shape index (κ2) is 6.93. The predicted octanol–water partition coefficient (Wildman–Crippen LogP) is 3.51. The van der Waals surface area contributed by atoms with Crippen LogP contribution in [0.2, 0.25) is 0 Å². The van der Waals surface area contributed by atoms with Gasteiger partial charge in [-0.2, -0.15) is 0 Å². The highest BCUT2D eigenvalue weighted by Gasteiger charge is 2.16. The molecule has 0 aromatic heterocycles. The van der Waals surface area contributed by atoms with Crippen LogP contribution in [0.3, 0.4) is 0 Å². The maximum absolute atomic E-state index is 11.7. The van der Waals surface area contributed by atoms with Gasteiger partial charge in [0.05, 0.1) is 0 Å². The topological polar surface area (TPSA) is 29.1 Å². The molecule has 2 nitrogen and oxygen atoms in total. The first-order valence-corrected chi connectivity index (χ1v) is 6.87. The third kappa shape index (κ3) is 5.53. The van der Waals surface area contributed by atoms with Crippen LogP contribution in [0.5, 0.6) is 0 Å². The summed E-state index contributed by atoms with van der Waals surface area (Å²) < 4.78 is 0. The van der Waals surface area contributed by atoms with Gasteiger partial charge in [-0.1, -0.05) is 39.5 Å². The van der Waals surface area contributed by atoms with E-state index in [4.69, 9.17) is 0 Å². The molecular weight excluding hydrogens is 198 g/mol. The number of rotatable bonds is 6. The van der Waals surface area contributed by atoms with Gasteiger partial charge >= 0.3 is 0 Å². The standard InChI is InChI=1S/C14H27NO/c1-11(2)10-12(3)15-14(16)9-8-13-6-4-5-7-13/h11-13H,4-10H2,1-3H3,(H,15,16)/t12-/m0/s1. The van der Waals surface area contributed by atoms with E-state index >= 15 is 0 Å². The molecule has 16 heavy (non-hydrogen) atoms. The summed E-state index contributed by atoms with van der Waals surface area (Å²) in [5, 5.41) is 3.10. The molecule has 1 amide bonds. The molecule has 0 aromatic carbocycles. The average Bonchev–Trinajstić information content (AvgIpc) is 2.65. The first-order valence-electron chi connectivity index (χ1n) is 6.87. The first kappa shape index (κ1) is 13.5. The van der Waals surface area contributed by atoms with E-state index in [0.717, 1.165) is 25.2 Å². The monoisotopic (exact) mass is 225 g/mol. The van der Waals surface area contributed by atoms with Gasteiger partial charge in [0, 0.05) is 12.5 Å². The maximum atomic E-state index is 11.7. The maximum Gasteiger partial charge on any atom is 0.220 e. The number of hydrogen-bond donors (Lipinski definition) is 1. The zero-order chi connectivity index (χ0) is 12.0. The second-order valence-corrected chi connectivity index (χ2v) is 5.79. The fraction of sp³-hybridized carbons (Fsp3) is 0.929. The van der Waals surface area contributed by atoms with Crippen LogP contribution >= 0.6 is 0 Å². The Bertz CT molecular complexity index is 207. The SMILES string of the molecule is CC(C)C[C@H](C)NC(=O)CCC1CCCC1. The van der Waals surface area contributed by atoms with Crippen molar-refractivity contribution < 1.29 is 4.79 Å². The van der Waals surface area contributed by atoms with Gasteiger partial charge in [-0.15, -0.1) is 0 Å². The molecule has 1 fully saturated rings. The highest BCUT2D eigenvalue weighted by molar-refractivity contribution is 5.76. The fourth-order valence-corrected chi connectivity index (χ4v) is 2.75. The van der Waals surface area contributed by atoms with Crippen molar-refractivity contribution in [3.8, 4) is 0 Å². The summed E-state index contributed by atoms with van der Waals surface area (Å²) in [7, 11) is 0. The van der Waals surface area contributed by atoms with Crippen LogP contribution in [0, 0.1) is 11.8 Å². The Morgan fingerprint density at radius 1 is 1.25 bits per heavy atom. The van der Waals surface area contributed by atoms with Gasteiger partial charge in [0.1, 0.15) is 0 Å². The molecule has 0 bridgehead atoms. The summed E-state index contributed by atoms with van der Waals surface area (Å²) in [6, 6.07) is 0.330. The van der Waals surface area contributed by atoms with Crippen LogP contribution in [0.25, 0.3) is 0 Å². The number of carbonyl (C=O) groups excluding carboxylic acids is 1. The lowest BCUT2D eigenvalue weighted by molar-refractivity contribution is -0.122. The zero-order valence-electron chi connectivity index (χ0n) is 11.1. The molecule has 1 rings (SSSR count). The lowest BCUT2D eigenvalue weighted by Gasteiger charge is -2.16. The van der Waals surface area contributed by atoms with Crippen molar-refractivity contribution >= 4 is 5.91 Å². The molecule has 94 valence electrons. The molecule has 0 radical (unpaired) electrons. The van der Waals surface area contributed by atoms with Gasteiger partial charge < -0.3 is 5.32 Å². The van der Waals surface area contributed by atoms with Gasteiger partial charge in [-0.25, -0.2) is 0 Å². The smallest absolute Gasteiger partial charge is 0.220 e. The highest BCUT2D eigenvalue weighted by atomic mass is 16.1. The molecule has 1 aliphatic carbocycles. The van der Waals surface area contributed by atoms with Crippen LogP contribution in [-0.2, 0) is 4.79 Å². The normalized spacial score (nSPS) is 19.0. The van der Waals surface area contributed by atoms with E-state index < -0.39 is 0 Å². The molecular formula is C14H27NO. The molecule has 0 spiro atoms. The van der Waals surface area contributed by atoms with Gasteiger partial charge in [-0.05, 0) is 31.6 Å². The Morgan fingerprint density at radius 2 is 1.88 bits per heavy atom. The van der Waals surface area contributed by atoms with Crippen molar-refractivity contribution in [2.75, 3.05) is 0 Å². The van der Waals surface area contributed by atoms with E-state index in [0.29, 0.717) is 12.0 Å². The van der Waals surface area contributed by atoms with Crippen molar-refractivity contribution in [2.45, 2.75) is 71.8 Å². The summed E-state index contributed by atoms with van der Waals surface area (Å²) in [5.74, 6) is 1.73. The number of nitrogens with one attached hydrogen (secondary N) is 1. The third-order valence-corrected chi connectivity index (χ3v) is 3.49. The summed E-state index contributed by atoms with van der Waals surface area (Å²) in [5.41, 5.74) is 0. The summed E-state index contributed by atoms with van der Waals surface area (Å²) >= 11 is 0. The van der Waals surface area contributed by atoms with Crippen LogP contribution in [0.1, 0.15) is 65.7 Å². The van der Waals surface area contributed by atoms with Crippen molar-refractivity contribution in [1.82, 2.24) is 5.32 Å². The number of carbonyl (C=O) groups is 1. The number of hydrogen-bond acceptors (Lipinski definition) is 1. The molecule has 2 heteroatoms. The third-order valence-electron chi connectivity index (χ3n) is 3.49. The van der Waals surface area contributed by atoms with E-state index in [1.54, 1.807) is 0 Å². The van der Waals surface area contributed by atoms with E-state index in [1.807, 2.05) is 0 Å². The second-order valence-electron chi connectivity index (χ2n) is 5.79. The van der Waals surface area contributed by atoms with E-state index in [1.165, 1.54) is 25.7 Å². The predicted molar refractivity (Wildman–Crippen MR) is 68.3 cm³/mol. The van der Waals surface area contributed by atoms with Gasteiger partial charge in [0.2, 0.25) is 5.91 Å². The first-order chi connectivity index (χ1) is 7.58. The Morgan fingerprint density at radius 3 is 2.44 bits per heavy atom. The zero-order valence-corrected chi connectivity index (χ0v) is 11.1. The molecule has 1 saturated carbocycles. The average molecular weight is 225 g/mol. The van der Waals surface area contributed by atoms with Crippen LogP contribution in [-0.4, -0.2) is 11.9 Å². The molecule has 1 N–H and O–H groups in total. The molecule has 1 aliphatic rings. The Kier molecular flexibility index (Phi) is 5.86. The van der Waals surface area contributed by atoms with Gasteiger partial charge in [0.25, 0.3) is 0 Å². The summed E-state index contributed by atoms with van der Waals surface area (Å²) in [6.07, 6.45) is 8.33. The minimum absolute atomic E-state index is 0.250. The Balaban J connectivity index is 2.09. The van der Waals surface area contributed by atoms with Gasteiger partial charge in [0.15, 0.2) is 0 Å². The minimum atomic E-state index is 0.250. The molecule has 1 atom stereocenters. The molecule has 0 aliphatic heterocycles. The van der Waals surface area contributed by atoms with Crippen molar-refractivity contribution in [1.29, 1.82) is 0 Å². The fourth-order valence-electron chi connectivity index (χ4n) is 2.75. The van der Waals surface area contributed by atoms with Crippen LogP contribution < -0.4 is 5.32 Å². The van der Waals surface area contributed by atoms with Crippen LogP contribution in [0.15, 0.2) is 0 Å². The Hall–Kier alpha value is -0.530. The lowest BCUT2D eigenvalue weighted by atomic mass is 10.0. The lowest BCUT2D eigenvalue weighted by Crippen LogP contribution is -2.33. The van der Waals surface area contributed by atoms with Crippen LogP contribution in [0.4, 0.5) is 0 Å². The molecule has 0 unspecified atom stereocenters. The van der Waals surface area contributed by atoms with Crippen molar-refractivity contribution in [2.24, 2.45) is 11.8 Å². The number of amides is 1.